The molecule has 2 fully saturated rings. The van der Waals surface area contributed by atoms with Crippen molar-refractivity contribution in [3.63, 3.8) is 0 Å². The van der Waals surface area contributed by atoms with Crippen LogP contribution in [0.1, 0.15) is 32.1 Å². The molecule has 2 rings (SSSR count). The van der Waals surface area contributed by atoms with Crippen LogP contribution in [0.4, 0.5) is 0 Å². The Bertz CT molecular complexity index is 232. The molecular formula is C13H24N2O. The molecule has 3 heteroatoms. The van der Waals surface area contributed by atoms with Crippen LogP contribution in [0.5, 0.6) is 0 Å². The van der Waals surface area contributed by atoms with Gasteiger partial charge in [-0.3, -0.25) is 4.79 Å². The predicted molar refractivity (Wildman–Crippen MR) is 65.1 cm³/mol. The summed E-state index contributed by atoms with van der Waals surface area (Å²) in [7, 11) is 3.64. The van der Waals surface area contributed by atoms with E-state index in [2.05, 4.69) is 5.32 Å². The second-order valence-corrected chi connectivity index (χ2v) is 5.58. The average molecular weight is 224 g/mol. The SMILES string of the molecule is CN(C)C(=O)CCNCC(C1CC1)C1CC1. The van der Waals surface area contributed by atoms with Crippen LogP contribution in [0.3, 0.4) is 0 Å². The van der Waals surface area contributed by atoms with E-state index in [9.17, 15) is 4.79 Å². The fourth-order valence-electron chi connectivity index (χ4n) is 2.45. The van der Waals surface area contributed by atoms with E-state index in [0.717, 1.165) is 30.8 Å². The lowest BCUT2D eigenvalue weighted by Gasteiger charge is -2.16. The molecule has 1 N–H and O–H groups in total. The van der Waals surface area contributed by atoms with Gasteiger partial charge in [0.25, 0.3) is 0 Å². The molecule has 2 aliphatic rings. The fraction of sp³-hybridized carbons (Fsp3) is 0.923. The molecular weight excluding hydrogens is 200 g/mol. The van der Waals surface area contributed by atoms with E-state index in [1.54, 1.807) is 4.90 Å². The highest BCUT2D eigenvalue weighted by Gasteiger charge is 2.40. The monoisotopic (exact) mass is 224 g/mol. The van der Waals surface area contributed by atoms with Crippen molar-refractivity contribution in [2.75, 3.05) is 27.2 Å². The third-order valence-corrected chi connectivity index (χ3v) is 3.85. The van der Waals surface area contributed by atoms with Crippen molar-refractivity contribution in [1.82, 2.24) is 10.2 Å². The van der Waals surface area contributed by atoms with Crippen LogP contribution in [0.15, 0.2) is 0 Å². The van der Waals surface area contributed by atoms with Crippen molar-refractivity contribution in [3.8, 4) is 0 Å². The first-order valence-electron chi connectivity index (χ1n) is 6.59. The summed E-state index contributed by atoms with van der Waals surface area (Å²) in [5.41, 5.74) is 0. The lowest BCUT2D eigenvalue weighted by molar-refractivity contribution is -0.128. The lowest BCUT2D eigenvalue weighted by Crippen LogP contribution is -2.30. The smallest absolute Gasteiger partial charge is 0.223 e. The molecule has 16 heavy (non-hydrogen) atoms. The van der Waals surface area contributed by atoms with Crippen LogP contribution in [0.25, 0.3) is 0 Å². The molecule has 0 atom stereocenters. The molecule has 0 heterocycles. The van der Waals surface area contributed by atoms with Gasteiger partial charge < -0.3 is 10.2 Å². The summed E-state index contributed by atoms with van der Waals surface area (Å²) < 4.78 is 0. The largest absolute Gasteiger partial charge is 0.349 e. The highest BCUT2D eigenvalue weighted by molar-refractivity contribution is 5.75. The highest BCUT2D eigenvalue weighted by atomic mass is 16.2. The standard InChI is InChI=1S/C13H24N2O/c1-15(2)13(16)7-8-14-9-12(10-3-4-10)11-5-6-11/h10-12,14H,3-9H2,1-2H3. The van der Waals surface area contributed by atoms with Crippen molar-refractivity contribution in [2.45, 2.75) is 32.1 Å². The molecule has 0 radical (unpaired) electrons. The molecule has 0 aromatic heterocycles. The molecule has 1 amide bonds. The van der Waals surface area contributed by atoms with E-state index in [4.69, 9.17) is 0 Å². The lowest BCUT2D eigenvalue weighted by atomic mass is 9.98. The number of amides is 1. The van der Waals surface area contributed by atoms with Crippen molar-refractivity contribution >= 4 is 5.91 Å². The number of nitrogens with one attached hydrogen (secondary N) is 1. The van der Waals surface area contributed by atoms with E-state index in [0.29, 0.717) is 6.42 Å². The Morgan fingerprint density at radius 3 is 2.25 bits per heavy atom. The van der Waals surface area contributed by atoms with Gasteiger partial charge >= 0.3 is 0 Å². The van der Waals surface area contributed by atoms with Crippen molar-refractivity contribution in [1.29, 1.82) is 0 Å². The van der Waals surface area contributed by atoms with Crippen LogP contribution in [0.2, 0.25) is 0 Å². The van der Waals surface area contributed by atoms with Gasteiger partial charge in [-0.2, -0.15) is 0 Å². The van der Waals surface area contributed by atoms with Gasteiger partial charge in [-0.1, -0.05) is 0 Å². The van der Waals surface area contributed by atoms with Gasteiger partial charge in [0.2, 0.25) is 5.91 Å². The summed E-state index contributed by atoms with van der Waals surface area (Å²) in [6, 6.07) is 0. The van der Waals surface area contributed by atoms with Gasteiger partial charge in [0.15, 0.2) is 0 Å². The average Bonchev–Trinajstić information content (AvgIpc) is 3.10. The zero-order valence-electron chi connectivity index (χ0n) is 10.5. The molecule has 0 unspecified atom stereocenters. The molecule has 0 aliphatic heterocycles. The predicted octanol–water partition coefficient (Wildman–Crippen LogP) is 1.49. The fourth-order valence-corrected chi connectivity index (χ4v) is 2.45. The Balaban J connectivity index is 1.57. The minimum absolute atomic E-state index is 0.224. The van der Waals surface area contributed by atoms with E-state index < -0.39 is 0 Å². The molecule has 0 aromatic carbocycles. The maximum atomic E-state index is 11.4. The molecule has 0 aromatic rings. The molecule has 0 bridgehead atoms. The summed E-state index contributed by atoms with van der Waals surface area (Å²) in [5, 5.41) is 3.47. The first-order valence-corrected chi connectivity index (χ1v) is 6.59. The molecule has 92 valence electrons. The molecule has 0 spiro atoms. The first kappa shape index (κ1) is 11.9. The molecule has 2 aliphatic carbocycles. The summed E-state index contributed by atoms with van der Waals surface area (Å²) in [6.07, 6.45) is 6.41. The van der Waals surface area contributed by atoms with Crippen LogP contribution >= 0.6 is 0 Å². The zero-order valence-corrected chi connectivity index (χ0v) is 10.5. The quantitative estimate of drug-likeness (QED) is 0.665. The Hall–Kier alpha value is -0.570. The van der Waals surface area contributed by atoms with Gasteiger partial charge in [0.1, 0.15) is 0 Å². The van der Waals surface area contributed by atoms with Crippen LogP contribution in [-0.2, 0) is 4.79 Å². The number of carbonyl (C=O) groups is 1. The third-order valence-electron chi connectivity index (χ3n) is 3.85. The van der Waals surface area contributed by atoms with Crippen molar-refractivity contribution in [2.24, 2.45) is 17.8 Å². The van der Waals surface area contributed by atoms with E-state index >= 15 is 0 Å². The van der Waals surface area contributed by atoms with E-state index in [1.807, 2.05) is 14.1 Å². The molecule has 0 saturated heterocycles. The zero-order chi connectivity index (χ0) is 11.5. The maximum Gasteiger partial charge on any atom is 0.223 e. The number of nitrogens with zero attached hydrogens (tertiary/aromatic N) is 1. The first-order chi connectivity index (χ1) is 7.68. The van der Waals surface area contributed by atoms with Gasteiger partial charge in [-0.15, -0.1) is 0 Å². The summed E-state index contributed by atoms with van der Waals surface area (Å²) >= 11 is 0. The van der Waals surface area contributed by atoms with E-state index in [-0.39, 0.29) is 5.91 Å². The van der Waals surface area contributed by atoms with Gasteiger partial charge in [0, 0.05) is 27.1 Å². The number of carbonyl (C=O) groups excluding carboxylic acids is 1. The number of hydrogen-bond acceptors (Lipinski definition) is 2. The van der Waals surface area contributed by atoms with Crippen molar-refractivity contribution < 1.29 is 4.79 Å². The summed E-state index contributed by atoms with van der Waals surface area (Å²) in [6.45, 7) is 1.98. The highest BCUT2D eigenvalue weighted by Crippen LogP contribution is 2.48. The minimum atomic E-state index is 0.224. The number of hydrogen-bond donors (Lipinski definition) is 1. The third kappa shape index (κ3) is 3.48. The number of rotatable bonds is 7. The van der Waals surface area contributed by atoms with Crippen LogP contribution < -0.4 is 5.32 Å². The van der Waals surface area contributed by atoms with Crippen molar-refractivity contribution in [3.05, 3.63) is 0 Å². The van der Waals surface area contributed by atoms with Crippen LogP contribution in [0, 0.1) is 17.8 Å². The Morgan fingerprint density at radius 2 is 1.81 bits per heavy atom. The van der Waals surface area contributed by atoms with Gasteiger partial charge in [0.05, 0.1) is 0 Å². The second kappa shape index (κ2) is 5.17. The normalized spacial score (nSPS) is 20.2. The van der Waals surface area contributed by atoms with E-state index in [1.165, 1.54) is 25.7 Å². The Labute approximate surface area is 98.6 Å². The van der Waals surface area contributed by atoms with Gasteiger partial charge in [-0.05, 0) is 50.0 Å². The summed E-state index contributed by atoms with van der Waals surface area (Å²) in [5.74, 6) is 3.14. The topological polar surface area (TPSA) is 32.3 Å². The Kier molecular flexibility index (Phi) is 3.85. The summed E-state index contributed by atoms with van der Waals surface area (Å²) in [4.78, 5) is 13.0. The molecule has 2 saturated carbocycles. The Morgan fingerprint density at radius 1 is 1.25 bits per heavy atom. The molecule has 3 nitrogen and oxygen atoms in total. The van der Waals surface area contributed by atoms with Crippen LogP contribution in [-0.4, -0.2) is 38.0 Å². The minimum Gasteiger partial charge on any atom is -0.349 e. The second-order valence-electron chi connectivity index (χ2n) is 5.58. The van der Waals surface area contributed by atoms with Gasteiger partial charge in [-0.25, -0.2) is 0 Å². The maximum absolute atomic E-state index is 11.4.